The van der Waals surface area contributed by atoms with Crippen molar-refractivity contribution >= 4 is 28.8 Å². The molecule has 0 unspecified atom stereocenters. The Hall–Kier alpha value is -2.14. The van der Waals surface area contributed by atoms with Crippen LogP contribution in [0, 0.1) is 6.92 Å². The SMILES string of the molecule is Cc1ccc([C@H]([NH2+]CC(=O)N(C)Cc2ccc(Cl)cc2)c2cccs2)cc1. The van der Waals surface area contributed by atoms with Gasteiger partial charge in [-0.3, -0.25) is 4.79 Å². The summed E-state index contributed by atoms with van der Waals surface area (Å²) < 4.78 is 0. The number of carbonyl (C=O) groups excluding carboxylic acids is 1. The van der Waals surface area contributed by atoms with Crippen LogP contribution in [0.25, 0.3) is 0 Å². The average Bonchev–Trinajstić information content (AvgIpc) is 3.19. The number of thiophene rings is 1. The van der Waals surface area contributed by atoms with Gasteiger partial charge in [-0.1, -0.05) is 59.6 Å². The Bertz CT molecular complexity index is 860. The van der Waals surface area contributed by atoms with Gasteiger partial charge in [0.2, 0.25) is 0 Å². The summed E-state index contributed by atoms with van der Waals surface area (Å²) >= 11 is 7.65. The summed E-state index contributed by atoms with van der Waals surface area (Å²) in [5.41, 5.74) is 3.53. The predicted octanol–water partition coefficient (Wildman–Crippen LogP) is 4.02. The number of rotatable bonds is 7. The number of amides is 1. The average molecular weight is 400 g/mol. The maximum atomic E-state index is 12.6. The highest BCUT2D eigenvalue weighted by Crippen LogP contribution is 2.23. The van der Waals surface area contributed by atoms with E-state index in [1.54, 1.807) is 16.2 Å². The van der Waals surface area contributed by atoms with E-state index in [0.29, 0.717) is 18.1 Å². The van der Waals surface area contributed by atoms with E-state index in [1.165, 1.54) is 16.0 Å². The molecule has 3 aromatic rings. The van der Waals surface area contributed by atoms with Crippen molar-refractivity contribution in [3.63, 3.8) is 0 Å². The number of hydrogen-bond acceptors (Lipinski definition) is 2. The van der Waals surface area contributed by atoms with Gasteiger partial charge < -0.3 is 10.2 Å². The molecule has 140 valence electrons. The first kappa shape index (κ1) is 19.6. The van der Waals surface area contributed by atoms with E-state index < -0.39 is 0 Å². The molecule has 3 rings (SSSR count). The molecule has 0 saturated heterocycles. The molecule has 1 amide bonds. The summed E-state index contributed by atoms with van der Waals surface area (Å²) in [5, 5.41) is 4.91. The normalized spacial score (nSPS) is 12.0. The molecule has 0 spiro atoms. The number of carbonyl (C=O) groups is 1. The lowest BCUT2D eigenvalue weighted by Gasteiger charge is -2.19. The molecule has 27 heavy (non-hydrogen) atoms. The number of benzene rings is 2. The molecule has 0 radical (unpaired) electrons. The lowest BCUT2D eigenvalue weighted by atomic mass is 10.0. The van der Waals surface area contributed by atoms with Gasteiger partial charge in [0, 0.05) is 24.2 Å². The van der Waals surface area contributed by atoms with E-state index in [4.69, 9.17) is 11.6 Å². The van der Waals surface area contributed by atoms with Gasteiger partial charge in [-0.05, 0) is 36.1 Å². The monoisotopic (exact) mass is 399 g/mol. The van der Waals surface area contributed by atoms with Gasteiger partial charge in [0.1, 0.15) is 6.04 Å². The minimum absolute atomic E-state index is 0.110. The maximum Gasteiger partial charge on any atom is 0.277 e. The summed E-state index contributed by atoms with van der Waals surface area (Å²) in [6.07, 6.45) is 0. The zero-order chi connectivity index (χ0) is 19.2. The first-order chi connectivity index (χ1) is 13.0. The molecule has 2 N–H and O–H groups in total. The van der Waals surface area contributed by atoms with Gasteiger partial charge in [0.25, 0.3) is 5.91 Å². The Morgan fingerprint density at radius 1 is 1.11 bits per heavy atom. The van der Waals surface area contributed by atoms with Gasteiger partial charge in [-0.15, -0.1) is 11.3 Å². The minimum atomic E-state index is 0.110. The molecule has 3 nitrogen and oxygen atoms in total. The van der Waals surface area contributed by atoms with Crippen molar-refractivity contribution in [1.82, 2.24) is 4.90 Å². The highest BCUT2D eigenvalue weighted by molar-refractivity contribution is 7.10. The zero-order valence-electron chi connectivity index (χ0n) is 15.6. The molecular formula is C22H24ClN2OS+. The molecule has 0 saturated carbocycles. The first-order valence-electron chi connectivity index (χ1n) is 8.94. The minimum Gasteiger partial charge on any atom is -0.337 e. The second-order valence-electron chi connectivity index (χ2n) is 6.72. The number of halogens is 1. The Morgan fingerprint density at radius 2 is 1.81 bits per heavy atom. The summed E-state index contributed by atoms with van der Waals surface area (Å²) in [6.45, 7) is 3.07. The van der Waals surface area contributed by atoms with Crippen LogP contribution in [0.3, 0.4) is 0 Å². The van der Waals surface area contributed by atoms with Crippen LogP contribution >= 0.6 is 22.9 Å². The fourth-order valence-electron chi connectivity index (χ4n) is 2.98. The van der Waals surface area contributed by atoms with Gasteiger partial charge in [-0.2, -0.15) is 0 Å². The number of aryl methyl sites for hydroxylation is 1. The van der Waals surface area contributed by atoms with Crippen LogP contribution in [-0.2, 0) is 11.3 Å². The summed E-state index contributed by atoms with van der Waals surface area (Å²) in [6, 6.07) is 20.5. The third kappa shape index (κ3) is 5.42. The quantitative estimate of drug-likeness (QED) is 0.640. The largest absolute Gasteiger partial charge is 0.337 e. The molecular weight excluding hydrogens is 376 g/mol. The number of nitrogens with zero attached hydrogens (tertiary/aromatic N) is 1. The Balaban J connectivity index is 1.65. The van der Waals surface area contributed by atoms with Crippen molar-refractivity contribution in [2.24, 2.45) is 0 Å². The van der Waals surface area contributed by atoms with Crippen LogP contribution in [0.5, 0.6) is 0 Å². The van der Waals surface area contributed by atoms with E-state index in [-0.39, 0.29) is 11.9 Å². The van der Waals surface area contributed by atoms with E-state index >= 15 is 0 Å². The Labute approximate surface area is 169 Å². The van der Waals surface area contributed by atoms with Crippen LogP contribution in [0.1, 0.15) is 27.6 Å². The van der Waals surface area contributed by atoms with Crippen LogP contribution < -0.4 is 5.32 Å². The van der Waals surface area contributed by atoms with Crippen LogP contribution in [-0.4, -0.2) is 24.4 Å². The highest BCUT2D eigenvalue weighted by atomic mass is 35.5. The lowest BCUT2D eigenvalue weighted by molar-refractivity contribution is -0.676. The van der Waals surface area contributed by atoms with Crippen molar-refractivity contribution in [2.75, 3.05) is 13.6 Å². The predicted molar refractivity (Wildman–Crippen MR) is 112 cm³/mol. The van der Waals surface area contributed by atoms with Gasteiger partial charge in [-0.25, -0.2) is 0 Å². The van der Waals surface area contributed by atoms with E-state index in [2.05, 4.69) is 54.0 Å². The Morgan fingerprint density at radius 3 is 2.44 bits per heavy atom. The summed E-state index contributed by atoms with van der Waals surface area (Å²) in [4.78, 5) is 15.7. The molecule has 1 atom stereocenters. The van der Waals surface area contributed by atoms with E-state index in [1.807, 2.05) is 31.3 Å². The van der Waals surface area contributed by atoms with Crippen LogP contribution in [0.4, 0.5) is 0 Å². The topological polar surface area (TPSA) is 36.9 Å². The smallest absolute Gasteiger partial charge is 0.277 e. The van der Waals surface area contributed by atoms with E-state index in [0.717, 1.165) is 5.56 Å². The highest BCUT2D eigenvalue weighted by Gasteiger charge is 2.21. The zero-order valence-corrected chi connectivity index (χ0v) is 17.1. The third-order valence-corrected chi connectivity index (χ3v) is 5.78. The fraction of sp³-hybridized carbons (Fsp3) is 0.227. The van der Waals surface area contributed by atoms with Crippen molar-refractivity contribution in [3.05, 3.63) is 92.6 Å². The fourth-order valence-corrected chi connectivity index (χ4v) is 3.96. The van der Waals surface area contributed by atoms with Gasteiger partial charge in [0.05, 0.1) is 4.88 Å². The van der Waals surface area contributed by atoms with Crippen molar-refractivity contribution in [3.8, 4) is 0 Å². The molecule has 0 aliphatic carbocycles. The Kier molecular flexibility index (Phi) is 6.67. The molecule has 0 fully saturated rings. The molecule has 0 aliphatic heterocycles. The second-order valence-corrected chi connectivity index (χ2v) is 8.14. The number of nitrogens with two attached hydrogens (primary N) is 1. The number of likely N-dealkylation sites (N-methyl/N-ethyl adjacent to an activating group) is 1. The third-order valence-electron chi connectivity index (χ3n) is 4.57. The summed E-state index contributed by atoms with van der Waals surface area (Å²) in [7, 11) is 1.84. The van der Waals surface area contributed by atoms with Crippen molar-refractivity contribution < 1.29 is 10.1 Å². The standard InChI is InChI=1S/C22H23ClN2OS/c1-16-5-9-18(10-6-16)22(20-4-3-13-27-20)24-14-21(26)25(2)15-17-7-11-19(23)12-8-17/h3-13,22,24H,14-15H2,1-2H3/p+1/t22-/m0/s1. The van der Waals surface area contributed by atoms with E-state index in [9.17, 15) is 4.79 Å². The van der Waals surface area contributed by atoms with Crippen LogP contribution in [0.15, 0.2) is 66.0 Å². The molecule has 0 aliphatic rings. The second kappa shape index (κ2) is 9.18. The van der Waals surface area contributed by atoms with Crippen molar-refractivity contribution in [2.45, 2.75) is 19.5 Å². The van der Waals surface area contributed by atoms with Gasteiger partial charge >= 0.3 is 0 Å². The first-order valence-corrected chi connectivity index (χ1v) is 10.2. The number of hydrogen-bond donors (Lipinski definition) is 1. The van der Waals surface area contributed by atoms with Crippen LogP contribution in [0.2, 0.25) is 5.02 Å². The molecule has 0 bridgehead atoms. The molecule has 1 heterocycles. The molecule has 5 heteroatoms. The van der Waals surface area contributed by atoms with Crippen molar-refractivity contribution in [1.29, 1.82) is 0 Å². The molecule has 2 aromatic carbocycles. The lowest BCUT2D eigenvalue weighted by Crippen LogP contribution is -2.87. The maximum absolute atomic E-state index is 12.6. The number of quaternary nitrogens is 1. The van der Waals surface area contributed by atoms with Gasteiger partial charge in [0.15, 0.2) is 6.54 Å². The molecule has 1 aromatic heterocycles. The summed E-state index contributed by atoms with van der Waals surface area (Å²) in [5.74, 6) is 0.110.